The van der Waals surface area contributed by atoms with Crippen molar-refractivity contribution in [3.05, 3.63) is 112 Å². The number of rotatable bonds is 6. The summed E-state index contributed by atoms with van der Waals surface area (Å²) in [6.45, 7) is 13.5. The molecule has 0 aromatic heterocycles. The first-order valence-corrected chi connectivity index (χ1v) is 12.4. The SMILES string of the molecule is Cc1cc(C)c(B(c2c(C)cc(C)cc2C)N(c2ccccc2)c2ccc(N(C)C)cc2)c(C)c1. The number of anilines is 3. The first kappa shape index (κ1) is 24.7. The molecule has 0 fully saturated rings. The van der Waals surface area contributed by atoms with Crippen LogP contribution in [0.25, 0.3) is 0 Å². The third-order valence-electron chi connectivity index (χ3n) is 6.96. The molecule has 4 aromatic carbocycles. The average molecular weight is 460 g/mol. The van der Waals surface area contributed by atoms with E-state index in [1.165, 1.54) is 61.4 Å². The van der Waals surface area contributed by atoms with Crippen LogP contribution in [-0.4, -0.2) is 20.9 Å². The second kappa shape index (κ2) is 10.0. The molecule has 0 heterocycles. The standard InChI is InChI=1S/C32H37BN2/c1-22-18-24(3)31(25(4)19-22)33(32-26(5)20-23(2)21-27(32)6)35(29-12-10-9-11-13-29)30-16-14-28(15-17-30)34(7)8/h9-21H,1-8H3. The number of hydrogen-bond donors (Lipinski definition) is 0. The highest BCUT2D eigenvalue weighted by molar-refractivity contribution is 6.90. The lowest BCUT2D eigenvalue weighted by Gasteiger charge is -2.36. The normalized spacial score (nSPS) is 10.9. The first-order chi connectivity index (χ1) is 16.7. The van der Waals surface area contributed by atoms with Gasteiger partial charge in [-0.05, 0) is 88.9 Å². The molecular formula is C32H37BN2. The lowest BCUT2D eigenvalue weighted by Crippen LogP contribution is -2.58. The molecule has 35 heavy (non-hydrogen) atoms. The van der Waals surface area contributed by atoms with Crippen LogP contribution in [0.1, 0.15) is 33.4 Å². The minimum atomic E-state index is 0.0452. The highest BCUT2D eigenvalue weighted by Gasteiger charge is 2.34. The molecule has 2 nitrogen and oxygen atoms in total. The largest absolute Gasteiger partial charge is 0.378 e. The summed E-state index contributed by atoms with van der Waals surface area (Å²) in [7, 11) is 4.18. The summed E-state index contributed by atoms with van der Waals surface area (Å²) in [6.07, 6.45) is 0. The molecule has 0 amide bonds. The van der Waals surface area contributed by atoms with Gasteiger partial charge in [0, 0.05) is 31.2 Å². The fourth-order valence-corrected chi connectivity index (χ4v) is 5.59. The Morgan fingerprint density at radius 1 is 0.486 bits per heavy atom. The zero-order valence-electron chi connectivity index (χ0n) is 22.5. The molecule has 0 bridgehead atoms. The number of hydrogen-bond acceptors (Lipinski definition) is 2. The van der Waals surface area contributed by atoms with E-state index in [2.05, 4.69) is 144 Å². The van der Waals surface area contributed by atoms with E-state index in [1.807, 2.05) is 0 Å². The topological polar surface area (TPSA) is 6.48 Å². The van der Waals surface area contributed by atoms with Crippen LogP contribution >= 0.6 is 0 Å². The lowest BCUT2D eigenvalue weighted by molar-refractivity contribution is 1.13. The van der Waals surface area contributed by atoms with Gasteiger partial charge in [0.2, 0.25) is 0 Å². The molecule has 0 spiro atoms. The molecule has 3 heteroatoms. The van der Waals surface area contributed by atoms with E-state index in [0.29, 0.717) is 0 Å². The molecule has 0 unspecified atom stereocenters. The van der Waals surface area contributed by atoms with Crippen molar-refractivity contribution < 1.29 is 0 Å². The van der Waals surface area contributed by atoms with Crippen molar-refractivity contribution in [1.29, 1.82) is 0 Å². The van der Waals surface area contributed by atoms with Crippen LogP contribution in [0.5, 0.6) is 0 Å². The van der Waals surface area contributed by atoms with Gasteiger partial charge in [-0.2, -0.15) is 0 Å². The van der Waals surface area contributed by atoms with Crippen LogP contribution in [0.4, 0.5) is 17.1 Å². The van der Waals surface area contributed by atoms with Crippen molar-refractivity contribution in [2.45, 2.75) is 41.5 Å². The molecule has 0 N–H and O–H groups in total. The first-order valence-electron chi connectivity index (χ1n) is 12.4. The Bertz CT molecular complexity index is 1220. The van der Waals surface area contributed by atoms with Gasteiger partial charge in [0.05, 0.1) is 0 Å². The summed E-state index contributed by atoms with van der Waals surface area (Å²) < 4.78 is 0. The second-order valence-corrected chi connectivity index (χ2v) is 10.1. The fraction of sp³-hybridized carbons (Fsp3) is 0.250. The van der Waals surface area contributed by atoms with Crippen LogP contribution in [0.3, 0.4) is 0 Å². The van der Waals surface area contributed by atoms with Gasteiger partial charge >= 0.3 is 6.85 Å². The summed E-state index contributed by atoms with van der Waals surface area (Å²) in [6, 6.07) is 29.1. The molecule has 0 saturated heterocycles. The zero-order valence-corrected chi connectivity index (χ0v) is 22.5. The van der Waals surface area contributed by atoms with E-state index >= 15 is 0 Å². The number of para-hydroxylation sites is 1. The Kier molecular flexibility index (Phi) is 7.07. The van der Waals surface area contributed by atoms with Crippen molar-refractivity contribution in [3.8, 4) is 0 Å². The molecule has 0 saturated carbocycles. The van der Waals surface area contributed by atoms with Crippen LogP contribution in [0, 0.1) is 41.5 Å². The van der Waals surface area contributed by atoms with E-state index in [9.17, 15) is 0 Å². The zero-order chi connectivity index (χ0) is 25.3. The van der Waals surface area contributed by atoms with Gasteiger partial charge in [-0.25, -0.2) is 0 Å². The predicted octanol–water partition coefficient (Wildman–Crippen LogP) is 6.55. The Morgan fingerprint density at radius 3 is 1.26 bits per heavy atom. The van der Waals surface area contributed by atoms with Crippen LogP contribution in [0.15, 0.2) is 78.9 Å². The Morgan fingerprint density at radius 2 is 0.857 bits per heavy atom. The van der Waals surface area contributed by atoms with Crippen molar-refractivity contribution >= 4 is 34.8 Å². The van der Waals surface area contributed by atoms with Gasteiger partial charge in [-0.3, -0.25) is 0 Å². The Labute approximate surface area is 212 Å². The molecule has 4 aromatic rings. The maximum Gasteiger partial charge on any atom is 0.329 e. The number of nitrogens with zero attached hydrogens (tertiary/aromatic N) is 2. The van der Waals surface area contributed by atoms with Gasteiger partial charge in [0.1, 0.15) is 0 Å². The Hall–Kier alpha value is -3.46. The quantitative estimate of drug-likeness (QED) is 0.301. The van der Waals surface area contributed by atoms with Gasteiger partial charge < -0.3 is 9.71 Å². The lowest BCUT2D eigenvalue weighted by atomic mass is 9.45. The predicted molar refractivity (Wildman–Crippen MR) is 156 cm³/mol. The van der Waals surface area contributed by atoms with Crippen molar-refractivity contribution in [1.82, 2.24) is 0 Å². The second-order valence-electron chi connectivity index (χ2n) is 10.1. The molecule has 0 radical (unpaired) electrons. The van der Waals surface area contributed by atoms with Gasteiger partial charge in [-0.15, -0.1) is 0 Å². The molecule has 4 rings (SSSR count). The van der Waals surface area contributed by atoms with E-state index < -0.39 is 0 Å². The summed E-state index contributed by atoms with van der Waals surface area (Å²) in [4.78, 5) is 4.67. The van der Waals surface area contributed by atoms with Crippen LogP contribution in [0.2, 0.25) is 0 Å². The fourth-order valence-electron chi connectivity index (χ4n) is 5.59. The molecular weight excluding hydrogens is 423 g/mol. The molecule has 0 aliphatic heterocycles. The monoisotopic (exact) mass is 460 g/mol. The van der Waals surface area contributed by atoms with Gasteiger partial charge in [0.15, 0.2) is 0 Å². The minimum absolute atomic E-state index is 0.0452. The van der Waals surface area contributed by atoms with Gasteiger partial charge in [0.25, 0.3) is 0 Å². The number of benzene rings is 4. The maximum absolute atomic E-state index is 2.52. The maximum atomic E-state index is 2.52. The number of aryl methyl sites for hydroxylation is 6. The van der Waals surface area contributed by atoms with E-state index in [1.54, 1.807) is 0 Å². The summed E-state index contributed by atoms with van der Waals surface area (Å²) in [5.41, 5.74) is 14.3. The van der Waals surface area contributed by atoms with E-state index in [0.717, 1.165) is 0 Å². The minimum Gasteiger partial charge on any atom is -0.378 e. The van der Waals surface area contributed by atoms with E-state index in [4.69, 9.17) is 0 Å². The highest BCUT2D eigenvalue weighted by Crippen LogP contribution is 2.30. The van der Waals surface area contributed by atoms with Crippen LogP contribution < -0.4 is 20.6 Å². The third kappa shape index (κ3) is 5.00. The molecule has 178 valence electrons. The molecule has 0 aliphatic rings. The average Bonchev–Trinajstić information content (AvgIpc) is 2.79. The van der Waals surface area contributed by atoms with Crippen molar-refractivity contribution in [2.24, 2.45) is 0 Å². The summed E-state index contributed by atoms with van der Waals surface area (Å²) in [5.74, 6) is 0. The third-order valence-corrected chi connectivity index (χ3v) is 6.96. The van der Waals surface area contributed by atoms with Crippen molar-refractivity contribution in [2.75, 3.05) is 23.8 Å². The van der Waals surface area contributed by atoms with E-state index in [-0.39, 0.29) is 6.85 Å². The van der Waals surface area contributed by atoms with Crippen molar-refractivity contribution in [3.63, 3.8) is 0 Å². The highest BCUT2D eigenvalue weighted by atomic mass is 15.1. The summed E-state index contributed by atoms with van der Waals surface area (Å²) >= 11 is 0. The van der Waals surface area contributed by atoms with Crippen LogP contribution in [-0.2, 0) is 0 Å². The molecule has 0 atom stereocenters. The Balaban J connectivity index is 2.07. The smallest absolute Gasteiger partial charge is 0.329 e. The summed E-state index contributed by atoms with van der Waals surface area (Å²) in [5, 5.41) is 0. The van der Waals surface area contributed by atoms with Gasteiger partial charge in [-0.1, -0.05) is 75.8 Å². The molecule has 0 aliphatic carbocycles.